The molecule has 0 aromatic heterocycles. The van der Waals surface area contributed by atoms with Crippen LogP contribution in [-0.2, 0) is 10.0 Å². The second-order valence-electron chi connectivity index (χ2n) is 6.62. The molecule has 0 spiro atoms. The molecular weight excluding hydrogens is 362 g/mol. The summed E-state index contributed by atoms with van der Waals surface area (Å²) >= 11 is 0. The van der Waals surface area contributed by atoms with Gasteiger partial charge in [-0.3, -0.25) is 4.79 Å². The third-order valence-corrected chi connectivity index (χ3v) is 5.58. The van der Waals surface area contributed by atoms with Crippen LogP contribution in [0.15, 0.2) is 53.4 Å². The van der Waals surface area contributed by atoms with Crippen molar-refractivity contribution in [2.75, 3.05) is 38.6 Å². The summed E-state index contributed by atoms with van der Waals surface area (Å²) in [6.07, 6.45) is 0. The molecule has 2 aromatic carbocycles. The molecule has 6 nitrogen and oxygen atoms in total. The number of likely N-dealkylation sites (N-methyl/N-ethyl adjacent to an activating group) is 1. The maximum atomic E-state index is 13.0. The Bertz CT molecular complexity index is 895. The van der Waals surface area contributed by atoms with E-state index < -0.39 is 10.0 Å². The fourth-order valence-corrected chi connectivity index (χ4v) is 3.74. The molecule has 1 N–H and O–H groups in total. The highest BCUT2D eigenvalue weighted by atomic mass is 32.2. The van der Waals surface area contributed by atoms with Crippen molar-refractivity contribution in [3.8, 4) is 0 Å². The van der Waals surface area contributed by atoms with E-state index in [1.165, 1.54) is 12.1 Å². The normalized spacial score (nSPS) is 11.6. The summed E-state index contributed by atoms with van der Waals surface area (Å²) < 4.78 is 27.5. The van der Waals surface area contributed by atoms with Crippen LogP contribution in [0.4, 0.5) is 5.69 Å². The third kappa shape index (κ3) is 5.63. The largest absolute Gasteiger partial charge is 0.309 e. The molecule has 0 heterocycles. The molecule has 0 unspecified atom stereocenters. The van der Waals surface area contributed by atoms with Crippen LogP contribution in [0, 0.1) is 6.92 Å². The zero-order valence-corrected chi connectivity index (χ0v) is 17.1. The SMILES string of the molecule is CCN(C(=O)c1cccc(S(=O)(=O)NCCN(C)C)c1)c1cccc(C)c1. The van der Waals surface area contributed by atoms with Crippen molar-refractivity contribution < 1.29 is 13.2 Å². The number of aryl methyl sites for hydroxylation is 1. The molecular formula is C20H27N3O3S. The molecule has 0 saturated heterocycles. The highest BCUT2D eigenvalue weighted by molar-refractivity contribution is 7.89. The number of hydrogen-bond donors (Lipinski definition) is 1. The number of nitrogens with one attached hydrogen (secondary N) is 1. The second kappa shape index (κ2) is 9.12. The van der Waals surface area contributed by atoms with Crippen LogP contribution in [0.5, 0.6) is 0 Å². The molecule has 0 atom stereocenters. The lowest BCUT2D eigenvalue weighted by Crippen LogP contribution is -2.32. The van der Waals surface area contributed by atoms with Crippen molar-refractivity contribution >= 4 is 21.6 Å². The van der Waals surface area contributed by atoms with Gasteiger partial charge < -0.3 is 9.80 Å². The van der Waals surface area contributed by atoms with Crippen LogP contribution in [0.3, 0.4) is 0 Å². The number of carbonyl (C=O) groups excluding carboxylic acids is 1. The minimum Gasteiger partial charge on any atom is -0.309 e. The van der Waals surface area contributed by atoms with E-state index in [0.717, 1.165) is 11.3 Å². The van der Waals surface area contributed by atoms with E-state index in [0.29, 0.717) is 25.2 Å². The molecule has 0 fully saturated rings. The van der Waals surface area contributed by atoms with Crippen molar-refractivity contribution in [1.82, 2.24) is 9.62 Å². The molecule has 0 aliphatic heterocycles. The predicted molar refractivity (Wildman–Crippen MR) is 109 cm³/mol. The fraction of sp³-hybridized carbons (Fsp3) is 0.350. The van der Waals surface area contributed by atoms with Crippen molar-refractivity contribution in [2.45, 2.75) is 18.7 Å². The van der Waals surface area contributed by atoms with E-state index in [1.54, 1.807) is 17.0 Å². The van der Waals surface area contributed by atoms with Gasteiger partial charge >= 0.3 is 0 Å². The first-order valence-corrected chi connectivity index (χ1v) is 10.4. The topological polar surface area (TPSA) is 69.7 Å². The first-order valence-electron chi connectivity index (χ1n) is 8.87. The van der Waals surface area contributed by atoms with Crippen LogP contribution in [-0.4, -0.2) is 53.0 Å². The number of carbonyl (C=O) groups is 1. The van der Waals surface area contributed by atoms with E-state index in [9.17, 15) is 13.2 Å². The number of hydrogen-bond acceptors (Lipinski definition) is 4. The van der Waals surface area contributed by atoms with Crippen molar-refractivity contribution in [3.05, 3.63) is 59.7 Å². The van der Waals surface area contributed by atoms with Gasteiger partial charge in [0.15, 0.2) is 0 Å². The van der Waals surface area contributed by atoms with E-state index >= 15 is 0 Å². The van der Waals surface area contributed by atoms with E-state index in [1.807, 2.05) is 57.1 Å². The summed E-state index contributed by atoms with van der Waals surface area (Å²) in [6.45, 7) is 5.24. The Hall–Kier alpha value is -2.22. The van der Waals surface area contributed by atoms with Gasteiger partial charge in [-0.05, 0) is 63.8 Å². The number of nitrogens with zero attached hydrogens (tertiary/aromatic N) is 2. The van der Waals surface area contributed by atoms with Gasteiger partial charge in [0, 0.05) is 30.9 Å². The molecule has 2 rings (SSSR count). The van der Waals surface area contributed by atoms with Gasteiger partial charge in [0.2, 0.25) is 10.0 Å². The van der Waals surface area contributed by atoms with Crippen LogP contribution >= 0.6 is 0 Å². The molecule has 0 radical (unpaired) electrons. The molecule has 0 aliphatic carbocycles. The van der Waals surface area contributed by atoms with Crippen molar-refractivity contribution in [3.63, 3.8) is 0 Å². The highest BCUT2D eigenvalue weighted by Gasteiger charge is 2.20. The number of rotatable bonds is 8. The Morgan fingerprint density at radius 1 is 1.07 bits per heavy atom. The van der Waals surface area contributed by atoms with Gasteiger partial charge in [0.05, 0.1) is 4.90 Å². The van der Waals surface area contributed by atoms with Gasteiger partial charge in [0.1, 0.15) is 0 Å². The molecule has 146 valence electrons. The zero-order chi connectivity index (χ0) is 20.0. The Kier molecular flexibility index (Phi) is 7.12. The average molecular weight is 390 g/mol. The van der Waals surface area contributed by atoms with Crippen LogP contribution < -0.4 is 9.62 Å². The summed E-state index contributed by atoms with van der Waals surface area (Å²) in [5.74, 6) is -0.228. The number of benzene rings is 2. The Balaban J connectivity index is 2.26. The van der Waals surface area contributed by atoms with Crippen LogP contribution in [0.25, 0.3) is 0 Å². The summed E-state index contributed by atoms with van der Waals surface area (Å²) in [5.41, 5.74) is 2.19. The zero-order valence-electron chi connectivity index (χ0n) is 16.3. The van der Waals surface area contributed by atoms with Crippen LogP contribution in [0.2, 0.25) is 0 Å². The van der Waals surface area contributed by atoms with E-state index in [-0.39, 0.29) is 10.8 Å². The Labute approximate surface area is 161 Å². The Morgan fingerprint density at radius 2 is 1.78 bits per heavy atom. The summed E-state index contributed by atoms with van der Waals surface area (Å²) in [5, 5.41) is 0. The van der Waals surface area contributed by atoms with Gasteiger partial charge in [0.25, 0.3) is 5.91 Å². The predicted octanol–water partition coefficient (Wildman–Crippen LogP) is 2.50. The van der Waals surface area contributed by atoms with Gasteiger partial charge in [-0.15, -0.1) is 0 Å². The number of sulfonamides is 1. The quantitative estimate of drug-likeness (QED) is 0.753. The molecule has 2 aromatic rings. The molecule has 0 saturated carbocycles. The van der Waals surface area contributed by atoms with Crippen LogP contribution in [0.1, 0.15) is 22.8 Å². The lowest BCUT2D eigenvalue weighted by molar-refractivity contribution is 0.0988. The van der Waals surface area contributed by atoms with Gasteiger partial charge in [-0.2, -0.15) is 0 Å². The highest BCUT2D eigenvalue weighted by Crippen LogP contribution is 2.20. The van der Waals surface area contributed by atoms with E-state index in [2.05, 4.69) is 4.72 Å². The van der Waals surface area contributed by atoms with Crippen molar-refractivity contribution in [2.24, 2.45) is 0 Å². The lowest BCUT2D eigenvalue weighted by Gasteiger charge is -2.22. The number of amides is 1. The smallest absolute Gasteiger partial charge is 0.258 e. The maximum absolute atomic E-state index is 13.0. The lowest BCUT2D eigenvalue weighted by atomic mass is 10.1. The summed E-state index contributed by atoms with van der Waals surface area (Å²) in [6, 6.07) is 13.8. The third-order valence-electron chi connectivity index (χ3n) is 4.12. The standard InChI is InChI=1S/C20H27N3O3S/c1-5-23(18-10-6-8-16(2)14-18)20(24)17-9-7-11-19(15-17)27(25,26)21-12-13-22(3)4/h6-11,14-15,21H,5,12-13H2,1-4H3. The molecule has 27 heavy (non-hydrogen) atoms. The second-order valence-corrected chi connectivity index (χ2v) is 8.38. The molecule has 7 heteroatoms. The first-order chi connectivity index (χ1) is 12.7. The minimum absolute atomic E-state index is 0.0902. The monoisotopic (exact) mass is 389 g/mol. The first kappa shape index (κ1) is 21.1. The van der Waals surface area contributed by atoms with Gasteiger partial charge in [-0.25, -0.2) is 13.1 Å². The summed E-state index contributed by atoms with van der Waals surface area (Å²) in [7, 11) is 0.0833. The maximum Gasteiger partial charge on any atom is 0.258 e. The minimum atomic E-state index is -3.66. The number of anilines is 1. The summed E-state index contributed by atoms with van der Waals surface area (Å²) in [4.78, 5) is 16.6. The Morgan fingerprint density at radius 3 is 2.41 bits per heavy atom. The average Bonchev–Trinajstić information content (AvgIpc) is 2.62. The molecule has 0 aliphatic rings. The fourth-order valence-electron chi connectivity index (χ4n) is 2.68. The molecule has 1 amide bonds. The van der Waals surface area contributed by atoms with Crippen molar-refractivity contribution in [1.29, 1.82) is 0 Å². The van der Waals surface area contributed by atoms with E-state index in [4.69, 9.17) is 0 Å². The molecule has 0 bridgehead atoms. The van der Waals surface area contributed by atoms with Gasteiger partial charge in [-0.1, -0.05) is 18.2 Å².